The van der Waals surface area contributed by atoms with Crippen LogP contribution < -0.4 is 10.6 Å². The largest absolute Gasteiger partial charge is 0.462 e. The molecule has 2 rings (SSSR count). The fraction of sp³-hybridized carbons (Fsp3) is 0.750. The molecule has 0 aliphatic carbocycles. The molecule has 1 aromatic heterocycles. The van der Waals surface area contributed by atoms with Gasteiger partial charge in [0, 0.05) is 26.2 Å². The summed E-state index contributed by atoms with van der Waals surface area (Å²) in [4.78, 5) is 24.2. The number of aliphatic hydroxyl groups is 1. The molecule has 29 heavy (non-hydrogen) atoms. The Morgan fingerprint density at radius 1 is 1.41 bits per heavy atom. The summed E-state index contributed by atoms with van der Waals surface area (Å²) >= 11 is 1.36. The number of carbonyl (C=O) groups is 1. The van der Waals surface area contributed by atoms with E-state index in [9.17, 15) is 9.90 Å². The van der Waals surface area contributed by atoms with Crippen LogP contribution in [-0.4, -0.2) is 72.4 Å². The summed E-state index contributed by atoms with van der Waals surface area (Å²) in [7, 11) is 0. The quantitative estimate of drug-likeness (QED) is 0.241. The van der Waals surface area contributed by atoms with Gasteiger partial charge in [0.1, 0.15) is 9.88 Å². The van der Waals surface area contributed by atoms with Gasteiger partial charge in [-0.05, 0) is 53.5 Å². The number of rotatable bonds is 9. The number of hydrogen-bond acceptors (Lipinski definition) is 7. The summed E-state index contributed by atoms with van der Waals surface area (Å²) < 4.78 is 5.10. The topological polar surface area (TPSA) is 99.1 Å². The minimum atomic E-state index is -0.313. The maximum atomic E-state index is 12.0. The number of guanidine groups is 1. The molecule has 0 spiro atoms. The third-order valence-electron chi connectivity index (χ3n) is 4.80. The van der Waals surface area contributed by atoms with Crippen molar-refractivity contribution in [2.45, 2.75) is 59.1 Å². The number of hydrogen-bond donors (Lipinski definition) is 3. The summed E-state index contributed by atoms with van der Waals surface area (Å²) in [5, 5.41) is 17.1. The molecule has 0 amide bonds. The van der Waals surface area contributed by atoms with E-state index in [1.807, 2.05) is 20.8 Å². The van der Waals surface area contributed by atoms with Crippen LogP contribution >= 0.6 is 11.3 Å². The van der Waals surface area contributed by atoms with Crippen LogP contribution in [0.15, 0.2) is 4.99 Å². The highest BCUT2D eigenvalue weighted by molar-refractivity contribution is 7.13. The summed E-state index contributed by atoms with van der Waals surface area (Å²) in [6.45, 7) is 12.5. The highest BCUT2D eigenvalue weighted by atomic mass is 32.1. The van der Waals surface area contributed by atoms with E-state index >= 15 is 0 Å². The Labute approximate surface area is 177 Å². The van der Waals surface area contributed by atoms with Gasteiger partial charge in [-0.3, -0.25) is 4.99 Å². The highest BCUT2D eigenvalue weighted by Crippen LogP contribution is 2.24. The van der Waals surface area contributed by atoms with Crippen molar-refractivity contribution in [1.82, 2.24) is 20.5 Å². The average Bonchev–Trinajstić information content (AvgIpc) is 3.09. The monoisotopic (exact) mass is 425 g/mol. The van der Waals surface area contributed by atoms with Crippen LogP contribution in [-0.2, 0) is 4.74 Å². The molecule has 1 aliphatic heterocycles. The Hall–Kier alpha value is -1.71. The number of aryl methyl sites for hydroxylation is 1. The molecule has 1 atom stereocenters. The van der Waals surface area contributed by atoms with Crippen molar-refractivity contribution in [3.05, 3.63) is 15.6 Å². The zero-order valence-corrected chi connectivity index (χ0v) is 18.8. The number of ether oxygens (including phenoxy) is 1. The van der Waals surface area contributed by atoms with Crippen molar-refractivity contribution in [2.75, 3.05) is 39.3 Å². The van der Waals surface area contributed by atoms with E-state index in [1.165, 1.54) is 11.3 Å². The number of piperidine rings is 1. The van der Waals surface area contributed by atoms with E-state index in [4.69, 9.17) is 4.74 Å². The number of nitrogens with one attached hydrogen (secondary N) is 2. The van der Waals surface area contributed by atoms with Crippen LogP contribution in [0.25, 0.3) is 0 Å². The van der Waals surface area contributed by atoms with Crippen LogP contribution in [0, 0.1) is 6.92 Å². The fourth-order valence-corrected chi connectivity index (χ4v) is 4.17. The van der Waals surface area contributed by atoms with E-state index in [1.54, 1.807) is 6.92 Å². The number of thiazole rings is 1. The summed E-state index contributed by atoms with van der Waals surface area (Å²) in [5.74, 6) is 0.436. The molecule has 164 valence electrons. The highest BCUT2D eigenvalue weighted by Gasteiger charge is 2.20. The van der Waals surface area contributed by atoms with E-state index < -0.39 is 0 Å². The third kappa shape index (κ3) is 7.56. The molecule has 3 N–H and O–H groups in total. The second-order valence-corrected chi connectivity index (χ2v) is 8.27. The van der Waals surface area contributed by atoms with Gasteiger partial charge in [0.15, 0.2) is 5.96 Å². The normalized spacial score (nSPS) is 17.2. The number of likely N-dealkylation sites (tertiary alicyclic amines) is 1. The molecule has 2 heterocycles. The molecule has 0 bridgehead atoms. The van der Waals surface area contributed by atoms with E-state index in [-0.39, 0.29) is 18.1 Å². The maximum absolute atomic E-state index is 12.0. The standard InChI is InChI=1S/C20H35N5O3S/c1-5-21-20(22-10-7-11-25-12-8-16(26)9-13-25)24-15(4)18-23-14(3)17(29-18)19(27)28-6-2/h15-16,26H,5-13H2,1-4H3,(H2,21,22,24). The predicted molar refractivity (Wildman–Crippen MR) is 117 cm³/mol. The first-order chi connectivity index (χ1) is 13.9. The molecular weight excluding hydrogens is 390 g/mol. The molecule has 8 nitrogen and oxygen atoms in total. The molecule has 9 heteroatoms. The Morgan fingerprint density at radius 2 is 2.14 bits per heavy atom. The van der Waals surface area contributed by atoms with Gasteiger partial charge >= 0.3 is 5.97 Å². The van der Waals surface area contributed by atoms with E-state index in [2.05, 4.69) is 25.5 Å². The first-order valence-corrected chi connectivity index (χ1v) is 11.4. The molecule has 0 aromatic carbocycles. The fourth-order valence-electron chi connectivity index (χ4n) is 3.20. The van der Waals surface area contributed by atoms with Crippen LogP contribution in [0.3, 0.4) is 0 Å². The van der Waals surface area contributed by atoms with Gasteiger partial charge in [0.25, 0.3) is 0 Å². The summed E-state index contributed by atoms with van der Waals surface area (Å²) in [6, 6.07) is -0.0664. The summed E-state index contributed by atoms with van der Waals surface area (Å²) in [6.07, 6.45) is 2.58. The van der Waals surface area contributed by atoms with Crippen LogP contribution in [0.2, 0.25) is 0 Å². The lowest BCUT2D eigenvalue weighted by molar-refractivity contribution is 0.0531. The molecule has 1 aliphatic rings. The first kappa shape index (κ1) is 23.6. The smallest absolute Gasteiger partial charge is 0.350 e. The van der Waals surface area contributed by atoms with Gasteiger partial charge in [-0.25, -0.2) is 9.78 Å². The molecule has 0 saturated carbocycles. The lowest BCUT2D eigenvalue weighted by Crippen LogP contribution is -2.39. The van der Waals surface area contributed by atoms with Gasteiger partial charge in [0.05, 0.1) is 24.4 Å². The molecule has 1 saturated heterocycles. The Kier molecular flexibility index (Phi) is 9.83. The van der Waals surface area contributed by atoms with E-state index in [0.717, 1.165) is 63.0 Å². The number of nitrogens with zero attached hydrogens (tertiary/aromatic N) is 3. The van der Waals surface area contributed by atoms with Crippen molar-refractivity contribution in [3.8, 4) is 0 Å². The zero-order chi connectivity index (χ0) is 21.2. The Bertz CT molecular complexity index is 671. The first-order valence-electron chi connectivity index (χ1n) is 10.5. The third-order valence-corrected chi connectivity index (χ3v) is 6.12. The van der Waals surface area contributed by atoms with Gasteiger partial charge < -0.3 is 25.4 Å². The van der Waals surface area contributed by atoms with Crippen LogP contribution in [0.1, 0.15) is 66.4 Å². The summed E-state index contributed by atoms with van der Waals surface area (Å²) in [5.41, 5.74) is 0.700. The molecule has 1 unspecified atom stereocenters. The minimum absolute atomic E-state index is 0.0664. The van der Waals surface area contributed by atoms with Crippen LogP contribution in [0.4, 0.5) is 0 Å². The molecule has 1 aromatic rings. The van der Waals surface area contributed by atoms with Gasteiger partial charge in [0.2, 0.25) is 0 Å². The predicted octanol–water partition coefficient (Wildman–Crippen LogP) is 2.09. The van der Waals surface area contributed by atoms with Gasteiger partial charge in [-0.15, -0.1) is 11.3 Å². The van der Waals surface area contributed by atoms with Crippen molar-refractivity contribution in [2.24, 2.45) is 4.99 Å². The average molecular weight is 426 g/mol. The maximum Gasteiger partial charge on any atom is 0.350 e. The number of esters is 1. The molecule has 1 fully saturated rings. The Morgan fingerprint density at radius 3 is 2.79 bits per heavy atom. The number of carbonyl (C=O) groups excluding carboxylic acids is 1. The molecular formula is C20H35N5O3S. The number of aromatic nitrogens is 1. The van der Waals surface area contributed by atoms with Crippen molar-refractivity contribution in [3.63, 3.8) is 0 Å². The Balaban J connectivity index is 1.87. The zero-order valence-electron chi connectivity index (χ0n) is 18.0. The number of aliphatic hydroxyl groups excluding tert-OH is 1. The van der Waals surface area contributed by atoms with Crippen molar-refractivity contribution in [1.29, 1.82) is 0 Å². The van der Waals surface area contributed by atoms with Crippen LogP contribution in [0.5, 0.6) is 0 Å². The van der Waals surface area contributed by atoms with Crippen molar-refractivity contribution < 1.29 is 14.6 Å². The van der Waals surface area contributed by atoms with E-state index in [0.29, 0.717) is 17.2 Å². The molecule has 0 radical (unpaired) electrons. The lowest BCUT2D eigenvalue weighted by atomic mass is 10.1. The van der Waals surface area contributed by atoms with Gasteiger partial charge in [-0.1, -0.05) is 0 Å². The number of aliphatic imine (C=N–C) groups is 1. The van der Waals surface area contributed by atoms with Gasteiger partial charge in [-0.2, -0.15) is 0 Å². The lowest BCUT2D eigenvalue weighted by Gasteiger charge is -2.29. The van der Waals surface area contributed by atoms with Crippen molar-refractivity contribution >= 4 is 23.3 Å². The SMILES string of the molecule is CCNC(=NCCCN1CCC(O)CC1)NC(C)c1nc(C)c(C(=O)OCC)s1. The second-order valence-electron chi connectivity index (χ2n) is 7.24. The second kappa shape index (κ2) is 12.1. The minimum Gasteiger partial charge on any atom is -0.462 e.